The van der Waals surface area contributed by atoms with Crippen molar-refractivity contribution in [2.75, 3.05) is 0 Å². The molecule has 0 aromatic heterocycles. The minimum absolute atomic E-state index is 0.530. The molecule has 0 heterocycles. The fourth-order valence-electron chi connectivity index (χ4n) is 2.43. The highest BCUT2D eigenvalue weighted by Crippen LogP contribution is 2.29. The summed E-state index contributed by atoms with van der Waals surface area (Å²) in [5.41, 5.74) is 2.89. The second-order valence-corrected chi connectivity index (χ2v) is 7.12. The molecule has 19 heavy (non-hydrogen) atoms. The van der Waals surface area contributed by atoms with Gasteiger partial charge in [-0.25, -0.2) is 0 Å². The maximum atomic E-state index is 3.83. The van der Waals surface area contributed by atoms with E-state index in [2.05, 4.69) is 61.0 Å². The van der Waals surface area contributed by atoms with Gasteiger partial charge >= 0.3 is 0 Å². The predicted octanol–water partition coefficient (Wildman–Crippen LogP) is 6.68. The quantitative estimate of drug-likeness (QED) is 0.351. The average molecular weight is 325 g/mol. The summed E-state index contributed by atoms with van der Waals surface area (Å²) in [5.74, 6) is 0.740. The molecule has 0 fully saturated rings. The molecular formula is C18H29Br. The second-order valence-electron chi connectivity index (χ2n) is 6.01. The zero-order valence-electron chi connectivity index (χ0n) is 12.8. The Hall–Kier alpha value is -0.300. The van der Waals surface area contributed by atoms with Crippen molar-refractivity contribution >= 4 is 15.9 Å². The number of hydrogen-bond donors (Lipinski definition) is 0. The first kappa shape index (κ1) is 16.8. The zero-order valence-corrected chi connectivity index (χ0v) is 14.4. The molecule has 0 bridgehead atoms. The van der Waals surface area contributed by atoms with E-state index in [0.29, 0.717) is 4.83 Å². The molecular weight excluding hydrogens is 296 g/mol. The molecule has 0 amide bonds. The summed E-state index contributed by atoms with van der Waals surface area (Å²) in [5, 5.41) is 0. The minimum atomic E-state index is 0.530. The van der Waals surface area contributed by atoms with Crippen LogP contribution < -0.4 is 0 Å². The molecule has 0 aliphatic rings. The third-order valence-electron chi connectivity index (χ3n) is 3.55. The van der Waals surface area contributed by atoms with Gasteiger partial charge in [0.15, 0.2) is 0 Å². The molecule has 0 aliphatic carbocycles. The van der Waals surface area contributed by atoms with Gasteiger partial charge in [0.05, 0.1) is 0 Å². The van der Waals surface area contributed by atoms with Gasteiger partial charge in [0, 0.05) is 4.83 Å². The monoisotopic (exact) mass is 324 g/mol. The van der Waals surface area contributed by atoms with Crippen LogP contribution in [0.15, 0.2) is 24.3 Å². The summed E-state index contributed by atoms with van der Waals surface area (Å²) >= 11 is 3.83. The summed E-state index contributed by atoms with van der Waals surface area (Å²) in [6.45, 7) is 6.82. The van der Waals surface area contributed by atoms with E-state index in [9.17, 15) is 0 Å². The molecule has 0 N–H and O–H groups in total. The first-order chi connectivity index (χ1) is 9.13. The Morgan fingerprint density at radius 2 is 1.58 bits per heavy atom. The van der Waals surface area contributed by atoms with Gasteiger partial charge in [-0.15, -0.1) is 0 Å². The van der Waals surface area contributed by atoms with E-state index in [0.717, 1.165) is 5.92 Å². The number of unbranched alkanes of at least 4 members (excludes halogenated alkanes) is 4. The van der Waals surface area contributed by atoms with Gasteiger partial charge in [0.2, 0.25) is 0 Å². The average Bonchev–Trinajstić information content (AvgIpc) is 2.38. The molecule has 0 nitrogen and oxygen atoms in total. The van der Waals surface area contributed by atoms with Gasteiger partial charge in [-0.05, 0) is 29.9 Å². The van der Waals surface area contributed by atoms with Gasteiger partial charge in [-0.2, -0.15) is 0 Å². The Morgan fingerprint density at radius 1 is 0.947 bits per heavy atom. The topological polar surface area (TPSA) is 0 Å². The molecule has 0 saturated heterocycles. The van der Waals surface area contributed by atoms with Crippen LogP contribution in [-0.2, 0) is 6.42 Å². The second kappa shape index (κ2) is 9.58. The van der Waals surface area contributed by atoms with Crippen molar-refractivity contribution in [3.05, 3.63) is 35.4 Å². The van der Waals surface area contributed by atoms with E-state index in [1.165, 1.54) is 56.1 Å². The largest absolute Gasteiger partial charge is 0.0839 e. The molecule has 1 aromatic rings. The van der Waals surface area contributed by atoms with Crippen molar-refractivity contribution in [3.63, 3.8) is 0 Å². The van der Waals surface area contributed by atoms with Crippen molar-refractivity contribution < 1.29 is 0 Å². The van der Waals surface area contributed by atoms with Gasteiger partial charge < -0.3 is 0 Å². The summed E-state index contributed by atoms with van der Waals surface area (Å²) < 4.78 is 0. The number of rotatable bonds is 9. The molecule has 1 atom stereocenters. The highest BCUT2D eigenvalue weighted by molar-refractivity contribution is 9.09. The number of alkyl halides is 1. The maximum absolute atomic E-state index is 3.83. The van der Waals surface area contributed by atoms with Gasteiger partial charge in [0.25, 0.3) is 0 Å². The molecule has 1 unspecified atom stereocenters. The number of halogens is 1. The molecule has 1 rings (SSSR count). The third-order valence-corrected chi connectivity index (χ3v) is 4.53. The molecule has 0 spiro atoms. The molecule has 1 heteroatoms. The van der Waals surface area contributed by atoms with Crippen LogP contribution in [0.4, 0.5) is 0 Å². The van der Waals surface area contributed by atoms with E-state index in [-0.39, 0.29) is 0 Å². The lowest BCUT2D eigenvalue weighted by molar-refractivity contribution is 0.606. The van der Waals surface area contributed by atoms with Gasteiger partial charge in [-0.3, -0.25) is 0 Å². The highest BCUT2D eigenvalue weighted by atomic mass is 79.9. The van der Waals surface area contributed by atoms with Crippen molar-refractivity contribution in [2.24, 2.45) is 5.92 Å². The smallest absolute Gasteiger partial charge is 0.0395 e. The van der Waals surface area contributed by atoms with Gasteiger partial charge in [0.1, 0.15) is 0 Å². The molecule has 108 valence electrons. The van der Waals surface area contributed by atoms with Crippen LogP contribution >= 0.6 is 15.9 Å². The van der Waals surface area contributed by atoms with Crippen LogP contribution in [0, 0.1) is 5.92 Å². The lowest BCUT2D eigenvalue weighted by atomic mass is 9.99. The fourth-order valence-corrected chi connectivity index (χ4v) is 3.06. The first-order valence-corrected chi connectivity index (χ1v) is 8.78. The Balaban J connectivity index is 2.33. The lowest BCUT2D eigenvalue weighted by Crippen LogP contribution is -1.95. The lowest BCUT2D eigenvalue weighted by Gasteiger charge is -2.11. The van der Waals surface area contributed by atoms with Crippen molar-refractivity contribution in [3.8, 4) is 0 Å². The SMILES string of the molecule is CCCCCCCC(Br)c1ccc(CC(C)C)cc1. The Labute approximate surface area is 128 Å². The van der Waals surface area contributed by atoms with Crippen molar-refractivity contribution in [1.82, 2.24) is 0 Å². The Morgan fingerprint density at radius 3 is 2.16 bits per heavy atom. The van der Waals surface area contributed by atoms with E-state index >= 15 is 0 Å². The van der Waals surface area contributed by atoms with Crippen LogP contribution in [0.5, 0.6) is 0 Å². The maximum Gasteiger partial charge on any atom is 0.0395 e. The van der Waals surface area contributed by atoms with Crippen LogP contribution in [0.2, 0.25) is 0 Å². The molecule has 0 saturated carbocycles. The molecule has 1 aromatic carbocycles. The van der Waals surface area contributed by atoms with Gasteiger partial charge in [-0.1, -0.05) is 93.1 Å². The van der Waals surface area contributed by atoms with E-state index < -0.39 is 0 Å². The molecule has 0 radical (unpaired) electrons. The fraction of sp³-hybridized carbons (Fsp3) is 0.667. The Bertz CT molecular complexity index is 326. The van der Waals surface area contributed by atoms with Crippen molar-refractivity contribution in [2.45, 2.75) is 70.5 Å². The van der Waals surface area contributed by atoms with Crippen LogP contribution in [-0.4, -0.2) is 0 Å². The highest BCUT2D eigenvalue weighted by Gasteiger charge is 2.07. The summed E-state index contributed by atoms with van der Waals surface area (Å²) in [6.07, 6.45) is 9.26. The Kier molecular flexibility index (Phi) is 8.45. The summed E-state index contributed by atoms with van der Waals surface area (Å²) in [7, 11) is 0. The van der Waals surface area contributed by atoms with Crippen LogP contribution in [0.25, 0.3) is 0 Å². The van der Waals surface area contributed by atoms with Crippen LogP contribution in [0.3, 0.4) is 0 Å². The summed E-state index contributed by atoms with van der Waals surface area (Å²) in [6, 6.07) is 9.17. The zero-order chi connectivity index (χ0) is 14.1. The third kappa shape index (κ3) is 7.15. The summed E-state index contributed by atoms with van der Waals surface area (Å²) in [4.78, 5) is 0.530. The van der Waals surface area contributed by atoms with E-state index in [4.69, 9.17) is 0 Å². The predicted molar refractivity (Wildman–Crippen MR) is 90.0 cm³/mol. The van der Waals surface area contributed by atoms with E-state index in [1.807, 2.05) is 0 Å². The van der Waals surface area contributed by atoms with Crippen molar-refractivity contribution in [1.29, 1.82) is 0 Å². The normalized spacial score (nSPS) is 12.9. The minimum Gasteiger partial charge on any atom is -0.0839 e. The standard InChI is InChI=1S/C18H29Br/c1-4-5-6-7-8-9-18(19)17-12-10-16(11-13-17)14-15(2)3/h10-13,15,18H,4-9,14H2,1-3H3. The first-order valence-electron chi connectivity index (χ1n) is 7.86. The number of hydrogen-bond acceptors (Lipinski definition) is 0. The number of benzene rings is 1. The van der Waals surface area contributed by atoms with E-state index in [1.54, 1.807) is 0 Å². The van der Waals surface area contributed by atoms with Crippen LogP contribution in [0.1, 0.15) is 75.3 Å². The molecule has 0 aliphatic heterocycles.